The van der Waals surface area contributed by atoms with Gasteiger partial charge in [-0.2, -0.15) is 0 Å². The topological polar surface area (TPSA) is 18.5 Å². The molecule has 2 aliphatic rings. The zero-order chi connectivity index (χ0) is 13.0. The van der Waals surface area contributed by atoms with Crippen LogP contribution in [0.1, 0.15) is 46.0 Å². The third-order valence-corrected chi connectivity index (χ3v) is 5.07. The summed E-state index contributed by atoms with van der Waals surface area (Å²) in [6.07, 6.45) is 6.88. The summed E-state index contributed by atoms with van der Waals surface area (Å²) in [6, 6.07) is 2.15. The summed E-state index contributed by atoms with van der Waals surface area (Å²) in [4.78, 5) is 5.44. The van der Waals surface area contributed by atoms with E-state index in [1.165, 1.54) is 58.3 Å². The molecule has 0 radical (unpaired) electrons. The molecule has 2 fully saturated rings. The van der Waals surface area contributed by atoms with Gasteiger partial charge in [0.05, 0.1) is 0 Å². The Morgan fingerprint density at radius 2 is 1.89 bits per heavy atom. The number of hydrogen-bond acceptors (Lipinski definition) is 3. The highest BCUT2D eigenvalue weighted by Gasteiger charge is 2.32. The first-order valence-corrected chi connectivity index (χ1v) is 7.91. The lowest BCUT2D eigenvalue weighted by molar-refractivity contribution is 0.145. The highest BCUT2D eigenvalue weighted by molar-refractivity contribution is 4.90. The van der Waals surface area contributed by atoms with Crippen molar-refractivity contribution in [1.29, 1.82) is 0 Å². The van der Waals surface area contributed by atoms with Crippen LogP contribution in [-0.4, -0.2) is 61.2 Å². The van der Waals surface area contributed by atoms with Crippen molar-refractivity contribution in [3.63, 3.8) is 0 Å². The van der Waals surface area contributed by atoms with Crippen LogP contribution in [0.25, 0.3) is 0 Å². The summed E-state index contributed by atoms with van der Waals surface area (Å²) in [5.41, 5.74) is 0. The molecule has 3 unspecified atom stereocenters. The van der Waals surface area contributed by atoms with E-state index in [1.54, 1.807) is 0 Å². The van der Waals surface area contributed by atoms with E-state index >= 15 is 0 Å². The number of nitrogens with one attached hydrogen (secondary N) is 1. The minimum absolute atomic E-state index is 0.644. The van der Waals surface area contributed by atoms with Gasteiger partial charge in [0.25, 0.3) is 0 Å². The fourth-order valence-electron chi connectivity index (χ4n) is 3.76. The first-order chi connectivity index (χ1) is 8.76. The Morgan fingerprint density at radius 1 is 1.17 bits per heavy atom. The summed E-state index contributed by atoms with van der Waals surface area (Å²) in [6.45, 7) is 9.95. The molecule has 3 nitrogen and oxygen atoms in total. The van der Waals surface area contributed by atoms with E-state index in [4.69, 9.17) is 0 Å². The molecule has 2 rings (SSSR count). The Bertz CT molecular complexity index is 234. The third kappa shape index (κ3) is 3.25. The zero-order valence-electron chi connectivity index (χ0n) is 12.5. The molecule has 3 atom stereocenters. The predicted octanol–water partition coefficient (Wildman–Crippen LogP) is 1.93. The molecular formula is C15H31N3. The Morgan fingerprint density at radius 3 is 2.50 bits per heavy atom. The maximum atomic E-state index is 3.47. The second kappa shape index (κ2) is 6.88. The van der Waals surface area contributed by atoms with Crippen molar-refractivity contribution in [2.45, 2.75) is 64.1 Å². The molecule has 0 saturated carbocycles. The fraction of sp³-hybridized carbons (Fsp3) is 1.00. The first-order valence-electron chi connectivity index (χ1n) is 7.91. The quantitative estimate of drug-likeness (QED) is 0.808. The molecule has 0 bridgehead atoms. The van der Waals surface area contributed by atoms with E-state index in [0.717, 1.165) is 6.04 Å². The predicted molar refractivity (Wildman–Crippen MR) is 78.0 cm³/mol. The van der Waals surface area contributed by atoms with Crippen LogP contribution >= 0.6 is 0 Å². The highest BCUT2D eigenvalue weighted by atomic mass is 15.3. The van der Waals surface area contributed by atoms with E-state index in [1.807, 2.05) is 0 Å². The van der Waals surface area contributed by atoms with Crippen LogP contribution in [0.4, 0.5) is 0 Å². The standard InChI is InChI=1S/C15H31N3/c1-4-15(16-3)13(2)18-11-8-14(12-18)17-9-6-5-7-10-17/h13-16H,4-12H2,1-3H3. The molecule has 2 heterocycles. The van der Waals surface area contributed by atoms with Gasteiger partial charge < -0.3 is 5.32 Å². The molecule has 0 amide bonds. The van der Waals surface area contributed by atoms with Gasteiger partial charge in [0.2, 0.25) is 0 Å². The van der Waals surface area contributed by atoms with Crippen LogP contribution in [0.5, 0.6) is 0 Å². The Labute approximate surface area is 113 Å². The van der Waals surface area contributed by atoms with E-state index in [9.17, 15) is 0 Å². The van der Waals surface area contributed by atoms with Gasteiger partial charge in [-0.25, -0.2) is 0 Å². The van der Waals surface area contributed by atoms with Crippen molar-refractivity contribution in [3.05, 3.63) is 0 Å². The Kier molecular flexibility index (Phi) is 5.46. The maximum absolute atomic E-state index is 3.47. The lowest BCUT2D eigenvalue weighted by Crippen LogP contribution is -2.48. The number of nitrogens with zero attached hydrogens (tertiary/aromatic N) is 2. The van der Waals surface area contributed by atoms with E-state index < -0.39 is 0 Å². The second-order valence-corrected chi connectivity index (χ2v) is 6.08. The molecule has 0 aromatic rings. The fourth-order valence-corrected chi connectivity index (χ4v) is 3.76. The van der Waals surface area contributed by atoms with Crippen molar-refractivity contribution in [2.75, 3.05) is 33.2 Å². The number of piperidine rings is 1. The van der Waals surface area contributed by atoms with Gasteiger partial charge in [0, 0.05) is 31.2 Å². The Hall–Kier alpha value is -0.120. The smallest absolute Gasteiger partial charge is 0.0235 e. The molecule has 106 valence electrons. The number of likely N-dealkylation sites (N-methyl/N-ethyl adjacent to an activating group) is 1. The summed E-state index contributed by atoms with van der Waals surface area (Å²) in [5.74, 6) is 0. The second-order valence-electron chi connectivity index (χ2n) is 6.08. The Balaban J connectivity index is 1.83. The van der Waals surface area contributed by atoms with Crippen molar-refractivity contribution in [1.82, 2.24) is 15.1 Å². The molecule has 0 aliphatic carbocycles. The van der Waals surface area contributed by atoms with Crippen molar-refractivity contribution >= 4 is 0 Å². The van der Waals surface area contributed by atoms with Crippen molar-refractivity contribution < 1.29 is 0 Å². The average molecular weight is 253 g/mol. The summed E-state index contributed by atoms with van der Waals surface area (Å²) < 4.78 is 0. The van der Waals surface area contributed by atoms with Crippen LogP contribution in [0.2, 0.25) is 0 Å². The highest BCUT2D eigenvalue weighted by Crippen LogP contribution is 2.22. The van der Waals surface area contributed by atoms with Crippen LogP contribution < -0.4 is 5.32 Å². The number of hydrogen-bond donors (Lipinski definition) is 1. The average Bonchev–Trinajstić information content (AvgIpc) is 2.90. The molecule has 0 spiro atoms. The third-order valence-electron chi connectivity index (χ3n) is 5.07. The van der Waals surface area contributed by atoms with Gasteiger partial charge >= 0.3 is 0 Å². The monoisotopic (exact) mass is 253 g/mol. The maximum Gasteiger partial charge on any atom is 0.0235 e. The van der Waals surface area contributed by atoms with E-state index in [2.05, 4.69) is 36.0 Å². The van der Waals surface area contributed by atoms with Gasteiger partial charge in [0.1, 0.15) is 0 Å². The number of rotatable bonds is 5. The molecule has 3 heteroatoms. The van der Waals surface area contributed by atoms with Crippen molar-refractivity contribution in [3.8, 4) is 0 Å². The van der Waals surface area contributed by atoms with Gasteiger partial charge in [-0.1, -0.05) is 13.3 Å². The molecule has 2 aliphatic heterocycles. The van der Waals surface area contributed by atoms with Gasteiger partial charge in [-0.15, -0.1) is 0 Å². The first kappa shape index (κ1) is 14.3. The number of likely N-dealkylation sites (tertiary alicyclic amines) is 2. The summed E-state index contributed by atoms with van der Waals surface area (Å²) in [7, 11) is 2.10. The van der Waals surface area contributed by atoms with Crippen LogP contribution in [0, 0.1) is 0 Å². The van der Waals surface area contributed by atoms with E-state index in [0.29, 0.717) is 12.1 Å². The summed E-state index contributed by atoms with van der Waals surface area (Å²) >= 11 is 0. The van der Waals surface area contributed by atoms with Gasteiger partial charge in [-0.05, 0) is 52.7 Å². The van der Waals surface area contributed by atoms with Gasteiger partial charge in [-0.3, -0.25) is 9.80 Å². The van der Waals surface area contributed by atoms with Crippen molar-refractivity contribution in [2.24, 2.45) is 0 Å². The normalized spacial score (nSPS) is 30.5. The van der Waals surface area contributed by atoms with Crippen LogP contribution in [-0.2, 0) is 0 Å². The SMILES string of the molecule is CCC(NC)C(C)N1CCC(N2CCCCC2)C1. The van der Waals surface area contributed by atoms with Gasteiger partial charge in [0.15, 0.2) is 0 Å². The lowest BCUT2D eigenvalue weighted by atomic mass is 10.1. The molecule has 0 aromatic carbocycles. The minimum Gasteiger partial charge on any atom is -0.315 e. The molecule has 2 saturated heterocycles. The molecule has 18 heavy (non-hydrogen) atoms. The molecule has 0 aromatic heterocycles. The molecular weight excluding hydrogens is 222 g/mol. The lowest BCUT2D eigenvalue weighted by Gasteiger charge is -2.34. The van der Waals surface area contributed by atoms with E-state index in [-0.39, 0.29) is 0 Å². The summed E-state index contributed by atoms with van der Waals surface area (Å²) in [5, 5.41) is 3.47. The van der Waals surface area contributed by atoms with Crippen LogP contribution in [0.15, 0.2) is 0 Å². The molecule has 1 N–H and O–H groups in total. The largest absolute Gasteiger partial charge is 0.315 e. The van der Waals surface area contributed by atoms with Crippen LogP contribution in [0.3, 0.4) is 0 Å². The minimum atomic E-state index is 0.644. The zero-order valence-corrected chi connectivity index (χ0v) is 12.5.